The van der Waals surface area contributed by atoms with E-state index < -0.39 is 0 Å². The van der Waals surface area contributed by atoms with Crippen molar-refractivity contribution in [1.29, 1.82) is 0 Å². The van der Waals surface area contributed by atoms with E-state index in [4.69, 9.17) is 14.2 Å². The number of allylic oxidation sites excluding steroid dienone is 1. The highest BCUT2D eigenvalue weighted by Crippen LogP contribution is 2.35. The van der Waals surface area contributed by atoms with Crippen molar-refractivity contribution in [1.82, 2.24) is 0 Å². The van der Waals surface area contributed by atoms with Crippen molar-refractivity contribution in [2.45, 2.75) is 13.8 Å². The zero-order chi connectivity index (χ0) is 22.7. The van der Waals surface area contributed by atoms with Crippen LogP contribution in [0.2, 0.25) is 0 Å². The van der Waals surface area contributed by atoms with Crippen LogP contribution in [0, 0.1) is 13.8 Å². The average Bonchev–Trinajstić information content (AvgIpc) is 3.09. The Hall–Kier alpha value is -4.06. The number of ketones is 1. The van der Waals surface area contributed by atoms with Crippen LogP contribution in [0.5, 0.6) is 17.2 Å². The number of Topliss-reactive ketones (excluding diaryl/α,β-unsaturated/α-hetero) is 1. The minimum absolute atomic E-state index is 0.160. The van der Waals surface area contributed by atoms with Gasteiger partial charge in [0.1, 0.15) is 17.2 Å². The predicted molar refractivity (Wildman–Crippen MR) is 122 cm³/mol. The summed E-state index contributed by atoms with van der Waals surface area (Å²) in [6.07, 6.45) is 1.67. The van der Waals surface area contributed by atoms with E-state index in [0.29, 0.717) is 22.8 Å². The van der Waals surface area contributed by atoms with Crippen molar-refractivity contribution in [3.63, 3.8) is 0 Å². The maximum absolute atomic E-state index is 12.7. The Morgan fingerprint density at radius 1 is 1.00 bits per heavy atom. The van der Waals surface area contributed by atoms with Crippen LogP contribution in [0.1, 0.15) is 27.0 Å². The quantitative estimate of drug-likeness (QED) is 0.562. The molecule has 0 fully saturated rings. The summed E-state index contributed by atoms with van der Waals surface area (Å²) in [5, 5.41) is 2.88. The number of rotatable bonds is 6. The molecule has 3 aromatic carbocycles. The number of anilines is 1. The molecular weight excluding hydrogens is 406 g/mol. The molecule has 1 amide bonds. The van der Waals surface area contributed by atoms with Gasteiger partial charge in [0.05, 0.1) is 12.7 Å². The molecule has 0 atom stereocenters. The number of carbonyl (C=O) groups excluding carboxylic acids is 2. The molecule has 0 saturated heterocycles. The van der Waals surface area contributed by atoms with E-state index in [1.165, 1.54) is 0 Å². The zero-order valence-corrected chi connectivity index (χ0v) is 18.1. The van der Waals surface area contributed by atoms with Gasteiger partial charge in [-0.3, -0.25) is 9.59 Å². The van der Waals surface area contributed by atoms with E-state index >= 15 is 0 Å². The van der Waals surface area contributed by atoms with Crippen LogP contribution < -0.4 is 19.5 Å². The second-order valence-corrected chi connectivity index (χ2v) is 7.48. The van der Waals surface area contributed by atoms with Gasteiger partial charge in [-0.25, -0.2) is 0 Å². The summed E-state index contributed by atoms with van der Waals surface area (Å²) in [4.78, 5) is 25.0. The minimum Gasteiger partial charge on any atom is -0.497 e. The first-order valence-electron chi connectivity index (χ1n) is 10.2. The largest absolute Gasteiger partial charge is 0.497 e. The number of aryl methyl sites for hydroxylation is 2. The van der Waals surface area contributed by atoms with Crippen molar-refractivity contribution in [2.24, 2.45) is 0 Å². The third-order valence-corrected chi connectivity index (χ3v) is 5.15. The highest BCUT2D eigenvalue weighted by atomic mass is 16.5. The van der Waals surface area contributed by atoms with E-state index in [-0.39, 0.29) is 24.1 Å². The topological polar surface area (TPSA) is 73.9 Å². The lowest BCUT2D eigenvalue weighted by atomic mass is 10.1. The number of methoxy groups -OCH3 is 1. The van der Waals surface area contributed by atoms with E-state index in [9.17, 15) is 9.59 Å². The first kappa shape index (κ1) is 21.2. The fourth-order valence-electron chi connectivity index (χ4n) is 3.48. The highest BCUT2D eigenvalue weighted by molar-refractivity contribution is 6.14. The molecule has 0 bridgehead atoms. The summed E-state index contributed by atoms with van der Waals surface area (Å²) in [5.74, 6) is 1.28. The molecule has 1 aliphatic rings. The van der Waals surface area contributed by atoms with Crippen molar-refractivity contribution in [3.8, 4) is 17.2 Å². The van der Waals surface area contributed by atoms with Crippen LogP contribution in [0.4, 0.5) is 5.69 Å². The lowest BCUT2D eigenvalue weighted by molar-refractivity contribution is -0.118. The second kappa shape index (κ2) is 8.98. The van der Waals surface area contributed by atoms with Crippen molar-refractivity contribution in [3.05, 3.63) is 88.7 Å². The van der Waals surface area contributed by atoms with Crippen LogP contribution in [0.25, 0.3) is 6.08 Å². The van der Waals surface area contributed by atoms with Crippen LogP contribution in [0.15, 0.2) is 66.4 Å². The summed E-state index contributed by atoms with van der Waals surface area (Å²) in [6, 6.07) is 18.1. The van der Waals surface area contributed by atoms with Gasteiger partial charge in [0.15, 0.2) is 12.4 Å². The molecule has 1 aliphatic heterocycles. The fourth-order valence-corrected chi connectivity index (χ4v) is 3.48. The maximum atomic E-state index is 12.7. The molecule has 1 heterocycles. The molecule has 32 heavy (non-hydrogen) atoms. The van der Waals surface area contributed by atoms with Gasteiger partial charge in [-0.05, 0) is 60.9 Å². The van der Waals surface area contributed by atoms with Gasteiger partial charge >= 0.3 is 0 Å². The number of nitrogens with one attached hydrogen (secondary N) is 1. The standard InChI is InChI=1S/C26H23NO5/c1-16-6-4-7-17(2)25(16)27-24(28)15-31-20-10-11-21-22(14-20)32-23(26(21)29)13-18-8-5-9-19(12-18)30-3/h4-14H,15H2,1-3H3,(H,27,28). The second-order valence-electron chi connectivity index (χ2n) is 7.48. The van der Waals surface area contributed by atoms with Crippen LogP contribution in [-0.2, 0) is 4.79 Å². The molecule has 0 saturated carbocycles. The van der Waals surface area contributed by atoms with Crippen LogP contribution >= 0.6 is 0 Å². The molecule has 6 nitrogen and oxygen atoms in total. The first-order chi connectivity index (χ1) is 15.4. The van der Waals surface area contributed by atoms with E-state index in [2.05, 4.69) is 5.32 Å². The molecule has 0 aromatic heterocycles. The van der Waals surface area contributed by atoms with Crippen molar-refractivity contribution in [2.75, 3.05) is 19.0 Å². The molecule has 0 spiro atoms. The summed E-state index contributed by atoms with van der Waals surface area (Å²) in [5.41, 5.74) is 4.00. The molecule has 4 rings (SSSR count). The number of benzene rings is 3. The molecule has 3 aromatic rings. The van der Waals surface area contributed by atoms with Gasteiger partial charge < -0.3 is 19.5 Å². The number of fused-ring (bicyclic) bond motifs is 1. The fraction of sp³-hybridized carbons (Fsp3) is 0.154. The number of ether oxygens (including phenoxy) is 3. The van der Waals surface area contributed by atoms with Gasteiger partial charge in [-0.1, -0.05) is 30.3 Å². The average molecular weight is 429 g/mol. The minimum atomic E-state index is -0.265. The SMILES string of the molecule is COc1cccc(C=C2Oc3cc(OCC(=O)Nc4c(C)cccc4C)ccc3C2=O)c1. The molecule has 162 valence electrons. The number of para-hydroxylation sites is 1. The number of hydrogen-bond donors (Lipinski definition) is 1. The molecular formula is C26H23NO5. The van der Waals surface area contributed by atoms with Gasteiger partial charge in [-0.2, -0.15) is 0 Å². The summed E-state index contributed by atoms with van der Waals surface area (Å²) in [7, 11) is 1.59. The zero-order valence-electron chi connectivity index (χ0n) is 18.1. The van der Waals surface area contributed by atoms with Crippen molar-refractivity contribution < 1.29 is 23.8 Å². The van der Waals surface area contributed by atoms with Gasteiger partial charge in [0.2, 0.25) is 5.78 Å². The van der Waals surface area contributed by atoms with Gasteiger partial charge in [-0.15, -0.1) is 0 Å². The van der Waals surface area contributed by atoms with Gasteiger partial charge in [0.25, 0.3) is 5.91 Å². The van der Waals surface area contributed by atoms with Crippen LogP contribution in [-0.4, -0.2) is 25.4 Å². The molecule has 0 aliphatic carbocycles. The molecule has 0 radical (unpaired) electrons. The predicted octanol–water partition coefficient (Wildman–Crippen LogP) is 4.95. The Labute approximate surface area is 186 Å². The number of amides is 1. The molecule has 0 unspecified atom stereocenters. The number of carbonyl (C=O) groups is 2. The third-order valence-electron chi connectivity index (χ3n) is 5.15. The lowest BCUT2D eigenvalue weighted by Gasteiger charge is -2.12. The van der Waals surface area contributed by atoms with E-state index in [1.807, 2.05) is 56.3 Å². The van der Waals surface area contributed by atoms with Crippen molar-refractivity contribution >= 4 is 23.5 Å². The Bertz CT molecular complexity index is 1210. The summed E-state index contributed by atoms with van der Waals surface area (Å²) in [6.45, 7) is 3.72. The normalized spacial score (nSPS) is 13.5. The summed E-state index contributed by atoms with van der Waals surface area (Å²) < 4.78 is 16.6. The molecule has 6 heteroatoms. The van der Waals surface area contributed by atoms with Crippen LogP contribution in [0.3, 0.4) is 0 Å². The smallest absolute Gasteiger partial charge is 0.262 e. The highest BCUT2D eigenvalue weighted by Gasteiger charge is 2.27. The van der Waals surface area contributed by atoms with E-state index in [1.54, 1.807) is 31.4 Å². The lowest BCUT2D eigenvalue weighted by Crippen LogP contribution is -2.21. The Morgan fingerprint density at radius 3 is 2.50 bits per heavy atom. The number of hydrogen-bond acceptors (Lipinski definition) is 5. The maximum Gasteiger partial charge on any atom is 0.262 e. The van der Waals surface area contributed by atoms with E-state index in [0.717, 1.165) is 22.4 Å². The Morgan fingerprint density at radius 2 is 1.75 bits per heavy atom. The Balaban J connectivity index is 1.43. The molecule has 1 N–H and O–H groups in total. The first-order valence-corrected chi connectivity index (χ1v) is 10.2. The third kappa shape index (κ3) is 4.49. The Kier molecular flexibility index (Phi) is 5.94. The monoisotopic (exact) mass is 429 g/mol. The van der Waals surface area contributed by atoms with Gasteiger partial charge in [0, 0.05) is 11.8 Å². The summed E-state index contributed by atoms with van der Waals surface area (Å²) >= 11 is 0.